The Morgan fingerprint density at radius 2 is 1.78 bits per heavy atom. The van der Waals surface area contributed by atoms with E-state index in [1.807, 2.05) is 0 Å². The SMILES string of the molecule is COC(=O)[C@H](CSCc1c(O[Si](C)(C)C(C)(C)C)cc(OC)c(C)c1C(=O)O)NC(=O)CC[C@@H](O)CO. The molecular weight excluding hydrogens is 518 g/mol. The number of hydrogen-bond acceptors (Lipinski definition) is 9. The maximum absolute atomic E-state index is 12.3. The van der Waals surface area contributed by atoms with Gasteiger partial charge in [0, 0.05) is 35.1 Å². The molecule has 0 fully saturated rings. The van der Waals surface area contributed by atoms with Crippen molar-refractivity contribution in [3.8, 4) is 11.5 Å². The van der Waals surface area contributed by atoms with Crippen molar-refractivity contribution >= 4 is 37.9 Å². The summed E-state index contributed by atoms with van der Waals surface area (Å²) in [4.78, 5) is 36.9. The molecule has 0 unspecified atom stereocenters. The molecular formula is C25H41NO9SSi. The minimum Gasteiger partial charge on any atom is -0.543 e. The summed E-state index contributed by atoms with van der Waals surface area (Å²) in [6.07, 6.45) is -1.06. The second kappa shape index (κ2) is 14.0. The average molecular weight is 560 g/mol. The summed E-state index contributed by atoms with van der Waals surface area (Å²) in [6.45, 7) is 11.6. The van der Waals surface area contributed by atoms with Crippen molar-refractivity contribution in [3.63, 3.8) is 0 Å². The van der Waals surface area contributed by atoms with Crippen molar-refractivity contribution in [1.82, 2.24) is 5.32 Å². The molecule has 0 spiro atoms. The normalized spacial score (nSPS) is 13.5. The van der Waals surface area contributed by atoms with Crippen LogP contribution in [0.5, 0.6) is 11.5 Å². The van der Waals surface area contributed by atoms with Crippen LogP contribution in [0.15, 0.2) is 6.07 Å². The first-order valence-corrected chi connectivity index (χ1v) is 16.0. The molecule has 1 rings (SSSR count). The van der Waals surface area contributed by atoms with Crippen LogP contribution in [-0.2, 0) is 20.1 Å². The van der Waals surface area contributed by atoms with E-state index in [1.165, 1.54) is 26.0 Å². The number of nitrogens with one attached hydrogen (secondary N) is 1. The van der Waals surface area contributed by atoms with Gasteiger partial charge in [0.2, 0.25) is 14.2 Å². The first-order chi connectivity index (χ1) is 17.1. The number of amides is 1. The summed E-state index contributed by atoms with van der Waals surface area (Å²) in [5.74, 6) is -1.09. The Morgan fingerprint density at radius 3 is 2.27 bits per heavy atom. The highest BCUT2D eigenvalue weighted by Crippen LogP contribution is 2.42. The van der Waals surface area contributed by atoms with Gasteiger partial charge in [-0.25, -0.2) is 9.59 Å². The van der Waals surface area contributed by atoms with E-state index in [9.17, 15) is 24.6 Å². The van der Waals surface area contributed by atoms with Crippen LogP contribution < -0.4 is 14.5 Å². The number of ether oxygens (including phenoxy) is 2. The van der Waals surface area contributed by atoms with Gasteiger partial charge in [-0.15, -0.1) is 0 Å². The number of aromatic carboxylic acids is 1. The van der Waals surface area contributed by atoms with Crippen LogP contribution in [0.4, 0.5) is 0 Å². The molecule has 0 aromatic heterocycles. The van der Waals surface area contributed by atoms with Crippen LogP contribution in [0.1, 0.15) is 55.1 Å². The second-order valence-corrected chi connectivity index (χ2v) is 16.0. The Kier molecular flexibility index (Phi) is 12.4. The topological polar surface area (TPSA) is 152 Å². The number of carboxylic acid groups (broad SMARTS) is 1. The number of rotatable bonds is 14. The van der Waals surface area contributed by atoms with E-state index in [-0.39, 0.29) is 34.9 Å². The Morgan fingerprint density at radius 1 is 1.16 bits per heavy atom. The summed E-state index contributed by atoms with van der Waals surface area (Å²) in [5.41, 5.74) is 1.02. The molecule has 10 nitrogen and oxygen atoms in total. The number of methoxy groups -OCH3 is 2. The monoisotopic (exact) mass is 559 g/mol. The first-order valence-electron chi connectivity index (χ1n) is 12.0. The van der Waals surface area contributed by atoms with Crippen molar-refractivity contribution in [3.05, 3.63) is 22.8 Å². The molecule has 210 valence electrons. The van der Waals surface area contributed by atoms with Crippen molar-refractivity contribution in [2.24, 2.45) is 0 Å². The molecule has 1 amide bonds. The van der Waals surface area contributed by atoms with Gasteiger partial charge in [-0.05, 0) is 31.5 Å². The van der Waals surface area contributed by atoms with E-state index < -0.39 is 44.9 Å². The number of esters is 1. The van der Waals surface area contributed by atoms with Gasteiger partial charge >= 0.3 is 11.9 Å². The highest BCUT2D eigenvalue weighted by Gasteiger charge is 2.40. The van der Waals surface area contributed by atoms with E-state index in [4.69, 9.17) is 19.0 Å². The van der Waals surface area contributed by atoms with Crippen molar-refractivity contribution in [2.75, 3.05) is 26.6 Å². The Labute approximate surface area is 224 Å². The van der Waals surface area contributed by atoms with Gasteiger partial charge in [-0.3, -0.25) is 4.79 Å². The lowest BCUT2D eigenvalue weighted by molar-refractivity contribution is -0.144. The third-order valence-electron chi connectivity index (χ3n) is 6.48. The first kappa shape index (κ1) is 32.7. The van der Waals surface area contributed by atoms with Crippen LogP contribution >= 0.6 is 11.8 Å². The zero-order chi connectivity index (χ0) is 28.6. The lowest BCUT2D eigenvalue weighted by Gasteiger charge is -2.37. The zero-order valence-corrected chi connectivity index (χ0v) is 24.8. The van der Waals surface area contributed by atoms with Gasteiger partial charge in [0.15, 0.2) is 0 Å². The molecule has 1 aromatic rings. The van der Waals surface area contributed by atoms with E-state index in [2.05, 4.69) is 39.2 Å². The average Bonchev–Trinajstić information content (AvgIpc) is 2.81. The van der Waals surface area contributed by atoms with Crippen LogP contribution in [0, 0.1) is 6.92 Å². The summed E-state index contributed by atoms with van der Waals surface area (Å²) >= 11 is 1.26. The molecule has 1 aromatic carbocycles. The third-order valence-corrected chi connectivity index (χ3v) is 11.9. The Balaban J connectivity index is 3.26. The minimum atomic E-state index is -2.34. The summed E-state index contributed by atoms with van der Waals surface area (Å²) in [6, 6.07) is 0.732. The lowest BCUT2D eigenvalue weighted by Crippen LogP contribution is -2.44. The maximum Gasteiger partial charge on any atom is 0.336 e. The molecule has 0 heterocycles. The fraction of sp³-hybridized carbons (Fsp3) is 0.640. The predicted octanol–water partition coefficient (Wildman–Crippen LogP) is 3.11. The highest BCUT2D eigenvalue weighted by atomic mass is 32.2. The number of benzene rings is 1. The summed E-state index contributed by atoms with van der Waals surface area (Å²) in [5, 5.41) is 30.9. The van der Waals surface area contributed by atoms with E-state index in [0.29, 0.717) is 22.6 Å². The Hall–Kier alpha value is -2.28. The van der Waals surface area contributed by atoms with Crippen LogP contribution in [-0.4, -0.2) is 80.2 Å². The molecule has 4 N–H and O–H groups in total. The zero-order valence-electron chi connectivity index (χ0n) is 23.0. The largest absolute Gasteiger partial charge is 0.543 e. The maximum atomic E-state index is 12.3. The van der Waals surface area contributed by atoms with Gasteiger partial charge < -0.3 is 34.5 Å². The molecule has 0 bridgehead atoms. The van der Waals surface area contributed by atoms with Gasteiger partial charge in [0.25, 0.3) is 0 Å². The van der Waals surface area contributed by atoms with E-state index in [0.717, 1.165) is 0 Å². The molecule has 37 heavy (non-hydrogen) atoms. The molecule has 0 aliphatic heterocycles. The number of thioether (sulfide) groups is 1. The molecule has 0 aliphatic rings. The van der Waals surface area contributed by atoms with Gasteiger partial charge in [-0.1, -0.05) is 20.8 Å². The van der Waals surface area contributed by atoms with Crippen LogP contribution in [0.25, 0.3) is 0 Å². The standard InChI is InChI=1S/C25H41NO9SSi/c1-15-19(33-5)11-20(35-37(7,8)25(2,3)4)17(22(15)23(30)31)13-36-14-18(24(32)34-6)26-21(29)10-9-16(28)12-27/h11,16,18,27-28H,9-10,12-14H2,1-8H3,(H,26,29)(H,30,31)/t16-,18+/m1/s1. The van der Waals surface area contributed by atoms with Gasteiger partial charge in [-0.2, -0.15) is 11.8 Å². The fourth-order valence-corrected chi connectivity index (χ4v) is 5.30. The molecule has 0 radical (unpaired) electrons. The molecule has 12 heteroatoms. The molecule has 0 aliphatic carbocycles. The summed E-state index contributed by atoms with van der Waals surface area (Å²) in [7, 11) is 0.341. The molecule has 0 saturated heterocycles. The minimum absolute atomic E-state index is 0.0462. The van der Waals surface area contributed by atoms with E-state index >= 15 is 0 Å². The van der Waals surface area contributed by atoms with Crippen LogP contribution in [0.2, 0.25) is 18.1 Å². The Bertz CT molecular complexity index is 962. The van der Waals surface area contributed by atoms with Crippen molar-refractivity contribution in [2.45, 2.75) is 76.6 Å². The molecule has 2 atom stereocenters. The van der Waals surface area contributed by atoms with Crippen molar-refractivity contribution < 1.29 is 43.6 Å². The van der Waals surface area contributed by atoms with Gasteiger partial charge in [0.05, 0.1) is 32.5 Å². The number of carbonyl (C=O) groups excluding carboxylic acids is 2. The van der Waals surface area contributed by atoms with Crippen molar-refractivity contribution in [1.29, 1.82) is 0 Å². The smallest absolute Gasteiger partial charge is 0.336 e. The number of hydrogen-bond donors (Lipinski definition) is 4. The third kappa shape index (κ3) is 9.20. The predicted molar refractivity (Wildman–Crippen MR) is 145 cm³/mol. The highest BCUT2D eigenvalue weighted by molar-refractivity contribution is 7.98. The number of aliphatic hydroxyl groups excluding tert-OH is 2. The number of carboxylic acids is 1. The number of carbonyl (C=O) groups is 3. The lowest BCUT2D eigenvalue weighted by atomic mass is 10.0. The quantitative estimate of drug-likeness (QED) is 0.198. The second-order valence-electron chi connectivity index (χ2n) is 10.3. The van der Waals surface area contributed by atoms with E-state index in [1.54, 1.807) is 13.0 Å². The molecule has 0 saturated carbocycles. The number of aliphatic hydroxyl groups is 2. The van der Waals surface area contributed by atoms with Gasteiger partial charge in [0.1, 0.15) is 17.5 Å². The van der Waals surface area contributed by atoms with Crippen LogP contribution in [0.3, 0.4) is 0 Å². The summed E-state index contributed by atoms with van der Waals surface area (Å²) < 4.78 is 16.8. The fourth-order valence-electron chi connectivity index (χ4n) is 3.20.